The molecule has 0 aliphatic carbocycles. The summed E-state index contributed by atoms with van der Waals surface area (Å²) in [5.41, 5.74) is 2.82. The van der Waals surface area contributed by atoms with Crippen LogP contribution in [0.1, 0.15) is 51.3 Å². The summed E-state index contributed by atoms with van der Waals surface area (Å²) in [5.74, 6) is 0.312. The normalized spacial score (nSPS) is 12.2. The maximum absolute atomic E-state index is 13.8. The largest absolute Gasteiger partial charge is 0.484 e. The molecule has 3 rings (SSSR count). The molecule has 1 unspecified atom stereocenters. The van der Waals surface area contributed by atoms with Crippen molar-refractivity contribution in [1.82, 2.24) is 10.2 Å². The predicted octanol–water partition coefficient (Wildman–Crippen LogP) is 7.08. The zero-order valence-electron chi connectivity index (χ0n) is 23.3. The van der Waals surface area contributed by atoms with E-state index in [1.807, 2.05) is 68.4 Å². The van der Waals surface area contributed by atoms with Crippen LogP contribution in [0.5, 0.6) is 5.75 Å². The van der Waals surface area contributed by atoms with Crippen molar-refractivity contribution in [3.05, 3.63) is 99.5 Å². The Bertz CT molecular complexity index is 1240. The molecule has 208 valence electrons. The van der Waals surface area contributed by atoms with Crippen molar-refractivity contribution in [2.24, 2.45) is 5.92 Å². The number of carbonyl (C=O) groups is 2. The fraction of sp³-hybridized carbons (Fsp3) is 0.375. The molecule has 7 heteroatoms. The van der Waals surface area contributed by atoms with Gasteiger partial charge in [0.25, 0.3) is 5.91 Å². The summed E-state index contributed by atoms with van der Waals surface area (Å²) in [6.07, 6.45) is 0.349. The highest BCUT2D eigenvalue weighted by atomic mass is 35.5. The molecule has 39 heavy (non-hydrogen) atoms. The highest BCUT2D eigenvalue weighted by Gasteiger charge is 2.31. The Morgan fingerprint density at radius 2 is 1.62 bits per heavy atom. The highest BCUT2D eigenvalue weighted by Crippen LogP contribution is 2.26. The van der Waals surface area contributed by atoms with Crippen LogP contribution in [-0.2, 0) is 28.0 Å². The van der Waals surface area contributed by atoms with Crippen LogP contribution in [0, 0.1) is 5.92 Å². The van der Waals surface area contributed by atoms with Gasteiger partial charge in [-0.15, -0.1) is 0 Å². The predicted molar refractivity (Wildman–Crippen MR) is 159 cm³/mol. The van der Waals surface area contributed by atoms with E-state index in [4.69, 9.17) is 27.9 Å². The van der Waals surface area contributed by atoms with Crippen LogP contribution in [0.25, 0.3) is 0 Å². The first-order chi connectivity index (χ1) is 18.4. The molecule has 0 bridgehead atoms. The fourth-order valence-electron chi connectivity index (χ4n) is 4.09. The molecule has 0 aliphatic rings. The smallest absolute Gasteiger partial charge is 0.261 e. The molecule has 1 atom stereocenters. The van der Waals surface area contributed by atoms with Gasteiger partial charge in [0.1, 0.15) is 11.8 Å². The quantitative estimate of drug-likeness (QED) is 0.269. The number of amides is 2. The Hall–Kier alpha value is -3.02. The van der Waals surface area contributed by atoms with E-state index in [0.717, 1.165) is 5.56 Å². The Kier molecular flexibility index (Phi) is 10.8. The van der Waals surface area contributed by atoms with Gasteiger partial charge in [-0.05, 0) is 52.3 Å². The monoisotopic (exact) mass is 568 g/mol. The van der Waals surface area contributed by atoms with E-state index in [1.54, 1.807) is 23.1 Å². The van der Waals surface area contributed by atoms with E-state index in [0.29, 0.717) is 34.3 Å². The Morgan fingerprint density at radius 3 is 2.21 bits per heavy atom. The average molecular weight is 570 g/mol. The van der Waals surface area contributed by atoms with Crippen LogP contribution < -0.4 is 10.1 Å². The average Bonchev–Trinajstić information content (AvgIpc) is 2.89. The third kappa shape index (κ3) is 9.29. The number of nitrogens with one attached hydrogen (secondary N) is 1. The van der Waals surface area contributed by atoms with Crippen LogP contribution in [-0.4, -0.2) is 35.9 Å². The molecule has 0 aromatic heterocycles. The number of hydrogen-bond acceptors (Lipinski definition) is 3. The van der Waals surface area contributed by atoms with Crippen LogP contribution in [0.3, 0.4) is 0 Å². The van der Waals surface area contributed by atoms with Crippen molar-refractivity contribution < 1.29 is 14.3 Å². The number of rotatable bonds is 11. The molecule has 0 radical (unpaired) electrons. The minimum Gasteiger partial charge on any atom is -0.484 e. The molecule has 3 aromatic rings. The van der Waals surface area contributed by atoms with Crippen molar-refractivity contribution in [2.75, 3.05) is 13.2 Å². The Labute approximate surface area is 242 Å². The van der Waals surface area contributed by atoms with Crippen molar-refractivity contribution in [3.63, 3.8) is 0 Å². The number of carbonyl (C=O) groups excluding carboxylic acids is 2. The first-order valence-electron chi connectivity index (χ1n) is 13.2. The molecule has 3 aromatic carbocycles. The summed E-state index contributed by atoms with van der Waals surface area (Å²) >= 11 is 12.6. The SMILES string of the molecule is CC(C)CNC(=O)C(Cc1ccccc1)N(Cc1ccc(Cl)cc1Cl)C(=O)COc1ccc(C(C)(C)C)cc1. The Morgan fingerprint density at radius 1 is 0.949 bits per heavy atom. The van der Waals surface area contributed by atoms with E-state index < -0.39 is 6.04 Å². The van der Waals surface area contributed by atoms with E-state index in [1.165, 1.54) is 5.56 Å². The molecule has 0 aliphatic heterocycles. The minimum atomic E-state index is -0.766. The number of ether oxygens (including phenoxy) is 1. The molecule has 0 saturated heterocycles. The van der Waals surface area contributed by atoms with Gasteiger partial charge in [-0.3, -0.25) is 9.59 Å². The maximum Gasteiger partial charge on any atom is 0.261 e. The van der Waals surface area contributed by atoms with Crippen LogP contribution in [0.2, 0.25) is 10.0 Å². The lowest BCUT2D eigenvalue weighted by molar-refractivity contribution is -0.142. The van der Waals surface area contributed by atoms with Crippen molar-refractivity contribution in [2.45, 2.75) is 59.0 Å². The van der Waals surface area contributed by atoms with Gasteiger partial charge in [0.05, 0.1) is 0 Å². The number of halogens is 2. The zero-order chi connectivity index (χ0) is 28.6. The van der Waals surface area contributed by atoms with E-state index >= 15 is 0 Å². The number of nitrogens with zero attached hydrogens (tertiary/aromatic N) is 1. The van der Waals surface area contributed by atoms with E-state index in [9.17, 15) is 9.59 Å². The van der Waals surface area contributed by atoms with Crippen molar-refractivity contribution in [3.8, 4) is 5.75 Å². The lowest BCUT2D eigenvalue weighted by Crippen LogP contribution is -2.52. The summed E-state index contributed by atoms with van der Waals surface area (Å²) < 4.78 is 5.90. The minimum absolute atomic E-state index is 0.0109. The molecule has 1 N–H and O–H groups in total. The second kappa shape index (κ2) is 13.9. The third-order valence-electron chi connectivity index (χ3n) is 6.39. The van der Waals surface area contributed by atoms with Crippen LogP contribution in [0.4, 0.5) is 0 Å². The second-order valence-corrected chi connectivity index (χ2v) is 12.0. The summed E-state index contributed by atoms with van der Waals surface area (Å²) in [6.45, 7) is 10.9. The fourth-order valence-corrected chi connectivity index (χ4v) is 4.56. The lowest BCUT2D eigenvalue weighted by Gasteiger charge is -2.32. The van der Waals surface area contributed by atoms with Gasteiger partial charge in [-0.25, -0.2) is 0 Å². The molecular weight excluding hydrogens is 531 g/mol. The maximum atomic E-state index is 13.8. The van der Waals surface area contributed by atoms with Crippen LogP contribution >= 0.6 is 23.2 Å². The zero-order valence-corrected chi connectivity index (χ0v) is 24.9. The van der Waals surface area contributed by atoms with Gasteiger partial charge >= 0.3 is 0 Å². The van der Waals surface area contributed by atoms with Gasteiger partial charge in [-0.1, -0.05) is 106 Å². The van der Waals surface area contributed by atoms with E-state index in [-0.39, 0.29) is 36.3 Å². The first-order valence-corrected chi connectivity index (χ1v) is 14.0. The lowest BCUT2D eigenvalue weighted by atomic mass is 9.87. The standard InChI is InChI=1S/C32H38Cl2N2O3/c1-22(2)19-35-31(38)29(17-23-9-7-6-8-10-23)36(20-24-11-14-26(33)18-28(24)34)30(37)21-39-27-15-12-25(13-16-27)32(3,4)5/h6-16,18,22,29H,17,19-21H2,1-5H3,(H,35,38). The number of hydrogen-bond donors (Lipinski definition) is 1. The third-order valence-corrected chi connectivity index (χ3v) is 6.98. The molecule has 5 nitrogen and oxygen atoms in total. The summed E-state index contributed by atoms with van der Waals surface area (Å²) in [6, 6.07) is 21.8. The number of benzene rings is 3. The molecule has 0 spiro atoms. The van der Waals surface area contributed by atoms with Crippen LogP contribution in [0.15, 0.2) is 72.8 Å². The summed E-state index contributed by atoms with van der Waals surface area (Å²) in [7, 11) is 0. The summed E-state index contributed by atoms with van der Waals surface area (Å²) in [4.78, 5) is 28.8. The van der Waals surface area contributed by atoms with Gasteiger partial charge in [0.15, 0.2) is 6.61 Å². The second-order valence-electron chi connectivity index (χ2n) is 11.2. The molecule has 0 fully saturated rings. The highest BCUT2D eigenvalue weighted by molar-refractivity contribution is 6.35. The van der Waals surface area contributed by atoms with Gasteiger partial charge in [-0.2, -0.15) is 0 Å². The topological polar surface area (TPSA) is 58.6 Å². The molecule has 0 heterocycles. The Balaban J connectivity index is 1.90. The van der Waals surface area contributed by atoms with Crippen molar-refractivity contribution in [1.29, 1.82) is 0 Å². The molecule has 2 amide bonds. The molecule has 0 saturated carbocycles. The van der Waals surface area contributed by atoms with E-state index in [2.05, 4.69) is 26.1 Å². The van der Waals surface area contributed by atoms with Gasteiger partial charge in [0.2, 0.25) is 5.91 Å². The molecular formula is C32H38Cl2N2O3. The van der Waals surface area contributed by atoms with Gasteiger partial charge in [0, 0.05) is 29.6 Å². The first kappa shape index (κ1) is 30.5. The van der Waals surface area contributed by atoms with Gasteiger partial charge < -0.3 is 15.0 Å². The summed E-state index contributed by atoms with van der Waals surface area (Å²) in [5, 5.41) is 3.94. The van der Waals surface area contributed by atoms with Crippen molar-refractivity contribution >= 4 is 35.0 Å².